The van der Waals surface area contributed by atoms with Crippen molar-refractivity contribution in [1.29, 1.82) is 0 Å². The van der Waals surface area contributed by atoms with Gasteiger partial charge in [0.15, 0.2) is 0 Å². The van der Waals surface area contributed by atoms with Gasteiger partial charge in [0.25, 0.3) is 0 Å². The summed E-state index contributed by atoms with van der Waals surface area (Å²) in [6, 6.07) is 0. The van der Waals surface area contributed by atoms with Crippen molar-refractivity contribution in [2.75, 3.05) is 19.6 Å². The van der Waals surface area contributed by atoms with E-state index in [0.29, 0.717) is 0 Å². The van der Waals surface area contributed by atoms with E-state index in [1.165, 1.54) is 25.8 Å². The van der Waals surface area contributed by atoms with E-state index in [2.05, 4.69) is 19.2 Å². The van der Waals surface area contributed by atoms with Crippen LogP contribution in [0.4, 0.5) is 0 Å². The first-order valence-electron chi connectivity index (χ1n) is 5.64. The van der Waals surface area contributed by atoms with Gasteiger partial charge in [0.1, 0.15) is 0 Å². The summed E-state index contributed by atoms with van der Waals surface area (Å²) in [5.41, 5.74) is 5.73. The number of rotatable bonds is 5. The molecule has 0 aromatic carbocycles. The van der Waals surface area contributed by atoms with E-state index >= 15 is 0 Å². The summed E-state index contributed by atoms with van der Waals surface area (Å²) in [4.78, 5) is 0. The van der Waals surface area contributed by atoms with Crippen LogP contribution in [-0.2, 0) is 0 Å². The third-order valence-electron chi connectivity index (χ3n) is 3.08. The van der Waals surface area contributed by atoms with Crippen molar-refractivity contribution in [2.24, 2.45) is 23.5 Å². The summed E-state index contributed by atoms with van der Waals surface area (Å²) in [6.07, 6.45) is 4.12. The van der Waals surface area contributed by atoms with Crippen LogP contribution < -0.4 is 11.1 Å². The van der Waals surface area contributed by atoms with Gasteiger partial charge in [0.2, 0.25) is 0 Å². The molecule has 0 aromatic heterocycles. The van der Waals surface area contributed by atoms with Gasteiger partial charge < -0.3 is 11.1 Å². The van der Waals surface area contributed by atoms with Crippen molar-refractivity contribution in [1.82, 2.24) is 5.32 Å². The molecular weight excluding hydrogens is 160 g/mol. The molecule has 1 aliphatic rings. The number of nitrogens with two attached hydrogens (primary N) is 1. The Morgan fingerprint density at radius 1 is 1.31 bits per heavy atom. The van der Waals surface area contributed by atoms with Crippen LogP contribution >= 0.6 is 0 Å². The molecule has 2 unspecified atom stereocenters. The SMILES string of the molecule is CC(C)CNCC1CCCC1CN. The van der Waals surface area contributed by atoms with Crippen molar-refractivity contribution in [3.63, 3.8) is 0 Å². The maximum atomic E-state index is 5.73. The van der Waals surface area contributed by atoms with Crippen LogP contribution in [0.1, 0.15) is 33.1 Å². The zero-order valence-corrected chi connectivity index (χ0v) is 9.05. The second-order valence-electron chi connectivity index (χ2n) is 4.74. The second-order valence-corrected chi connectivity index (χ2v) is 4.74. The monoisotopic (exact) mass is 184 g/mol. The Kier molecular flexibility index (Phi) is 4.74. The van der Waals surface area contributed by atoms with E-state index in [0.717, 1.165) is 30.8 Å². The van der Waals surface area contributed by atoms with Gasteiger partial charge in [-0.3, -0.25) is 0 Å². The Hall–Kier alpha value is -0.0800. The molecule has 0 heterocycles. The Labute approximate surface area is 82.3 Å². The zero-order valence-electron chi connectivity index (χ0n) is 9.05. The van der Waals surface area contributed by atoms with E-state index in [4.69, 9.17) is 5.73 Å². The van der Waals surface area contributed by atoms with Crippen LogP contribution in [0.5, 0.6) is 0 Å². The van der Waals surface area contributed by atoms with E-state index in [9.17, 15) is 0 Å². The maximum absolute atomic E-state index is 5.73. The molecule has 0 aliphatic heterocycles. The number of nitrogens with one attached hydrogen (secondary N) is 1. The first-order chi connectivity index (χ1) is 6.24. The molecule has 0 spiro atoms. The summed E-state index contributed by atoms with van der Waals surface area (Å²) >= 11 is 0. The van der Waals surface area contributed by atoms with Crippen LogP contribution in [0.25, 0.3) is 0 Å². The van der Waals surface area contributed by atoms with Gasteiger partial charge in [-0.05, 0) is 50.2 Å². The van der Waals surface area contributed by atoms with Crippen LogP contribution in [0, 0.1) is 17.8 Å². The van der Waals surface area contributed by atoms with Crippen molar-refractivity contribution >= 4 is 0 Å². The highest BCUT2D eigenvalue weighted by Crippen LogP contribution is 2.30. The fourth-order valence-electron chi connectivity index (χ4n) is 2.25. The molecule has 1 aliphatic carbocycles. The van der Waals surface area contributed by atoms with Gasteiger partial charge in [-0.15, -0.1) is 0 Å². The molecule has 13 heavy (non-hydrogen) atoms. The lowest BCUT2D eigenvalue weighted by Crippen LogP contribution is -2.30. The Balaban J connectivity index is 2.13. The van der Waals surface area contributed by atoms with Crippen molar-refractivity contribution < 1.29 is 0 Å². The smallest absolute Gasteiger partial charge is 0.00173 e. The van der Waals surface area contributed by atoms with Crippen LogP contribution in [-0.4, -0.2) is 19.6 Å². The molecule has 2 nitrogen and oxygen atoms in total. The minimum absolute atomic E-state index is 0.762. The minimum atomic E-state index is 0.762. The Bertz CT molecular complexity index is 134. The lowest BCUT2D eigenvalue weighted by Gasteiger charge is -2.18. The molecular formula is C11H24N2. The molecule has 0 amide bonds. The highest BCUT2D eigenvalue weighted by Gasteiger charge is 2.25. The van der Waals surface area contributed by atoms with Gasteiger partial charge in [0.05, 0.1) is 0 Å². The summed E-state index contributed by atoms with van der Waals surface area (Å²) < 4.78 is 0. The van der Waals surface area contributed by atoms with E-state index in [1.54, 1.807) is 0 Å². The summed E-state index contributed by atoms with van der Waals surface area (Å²) in [5, 5.41) is 3.54. The van der Waals surface area contributed by atoms with Crippen LogP contribution in [0.2, 0.25) is 0 Å². The average Bonchev–Trinajstić information content (AvgIpc) is 2.51. The lowest BCUT2D eigenvalue weighted by molar-refractivity contribution is 0.366. The molecule has 1 fully saturated rings. The van der Waals surface area contributed by atoms with Crippen molar-refractivity contribution in [2.45, 2.75) is 33.1 Å². The first kappa shape index (κ1) is 11.0. The topological polar surface area (TPSA) is 38.0 Å². The maximum Gasteiger partial charge on any atom is -0.00173 e. The standard InChI is InChI=1S/C11H24N2/c1-9(2)7-13-8-11-5-3-4-10(11)6-12/h9-11,13H,3-8,12H2,1-2H3. The molecule has 2 atom stereocenters. The fourth-order valence-corrected chi connectivity index (χ4v) is 2.25. The molecule has 0 bridgehead atoms. The van der Waals surface area contributed by atoms with E-state index in [1.807, 2.05) is 0 Å². The molecule has 0 radical (unpaired) electrons. The fraction of sp³-hybridized carbons (Fsp3) is 1.00. The highest BCUT2D eigenvalue weighted by molar-refractivity contribution is 4.79. The Morgan fingerprint density at radius 3 is 2.62 bits per heavy atom. The highest BCUT2D eigenvalue weighted by atomic mass is 14.9. The van der Waals surface area contributed by atoms with Crippen molar-refractivity contribution in [3.05, 3.63) is 0 Å². The van der Waals surface area contributed by atoms with Crippen LogP contribution in [0.15, 0.2) is 0 Å². The molecule has 3 N–H and O–H groups in total. The normalized spacial score (nSPS) is 28.6. The lowest BCUT2D eigenvalue weighted by atomic mass is 9.96. The van der Waals surface area contributed by atoms with Gasteiger partial charge in [0, 0.05) is 0 Å². The third kappa shape index (κ3) is 3.65. The number of hydrogen-bond acceptors (Lipinski definition) is 2. The summed E-state index contributed by atoms with van der Waals surface area (Å²) in [7, 11) is 0. The second kappa shape index (κ2) is 5.61. The van der Waals surface area contributed by atoms with Gasteiger partial charge in [-0.25, -0.2) is 0 Å². The largest absolute Gasteiger partial charge is 0.330 e. The zero-order chi connectivity index (χ0) is 9.68. The van der Waals surface area contributed by atoms with Gasteiger partial charge in [-0.1, -0.05) is 20.3 Å². The van der Waals surface area contributed by atoms with Gasteiger partial charge in [-0.2, -0.15) is 0 Å². The van der Waals surface area contributed by atoms with E-state index in [-0.39, 0.29) is 0 Å². The molecule has 78 valence electrons. The molecule has 2 heteroatoms. The summed E-state index contributed by atoms with van der Waals surface area (Å²) in [6.45, 7) is 7.71. The molecule has 1 rings (SSSR count). The quantitative estimate of drug-likeness (QED) is 0.681. The predicted molar refractivity (Wildman–Crippen MR) is 57.6 cm³/mol. The molecule has 1 saturated carbocycles. The minimum Gasteiger partial charge on any atom is -0.330 e. The first-order valence-corrected chi connectivity index (χ1v) is 5.64. The predicted octanol–water partition coefficient (Wildman–Crippen LogP) is 1.61. The average molecular weight is 184 g/mol. The van der Waals surface area contributed by atoms with Crippen molar-refractivity contribution in [3.8, 4) is 0 Å². The van der Waals surface area contributed by atoms with Gasteiger partial charge >= 0.3 is 0 Å². The summed E-state index contributed by atoms with van der Waals surface area (Å²) in [5.74, 6) is 2.40. The third-order valence-corrected chi connectivity index (χ3v) is 3.08. The molecule has 0 aromatic rings. The Morgan fingerprint density at radius 2 is 2.00 bits per heavy atom. The number of hydrogen-bond donors (Lipinski definition) is 2. The van der Waals surface area contributed by atoms with E-state index < -0.39 is 0 Å². The molecule has 0 saturated heterocycles. The van der Waals surface area contributed by atoms with Crippen LogP contribution in [0.3, 0.4) is 0 Å².